The Labute approximate surface area is 150 Å². The molecule has 1 aliphatic heterocycles. The van der Waals surface area contributed by atoms with Crippen LogP contribution in [0.15, 0.2) is 30.3 Å². The van der Waals surface area contributed by atoms with Crippen LogP contribution in [0, 0.1) is 5.41 Å². The van der Waals surface area contributed by atoms with Gasteiger partial charge in [-0.25, -0.2) is 0 Å². The number of carbonyl (C=O) groups excluding carboxylic acids is 2. The molecule has 0 bridgehead atoms. The maximum atomic E-state index is 12.4. The van der Waals surface area contributed by atoms with Crippen molar-refractivity contribution in [1.29, 1.82) is 0 Å². The molecule has 0 spiro atoms. The van der Waals surface area contributed by atoms with Crippen molar-refractivity contribution in [3.05, 3.63) is 30.3 Å². The second kappa shape index (κ2) is 8.85. The van der Waals surface area contributed by atoms with Gasteiger partial charge in [0.1, 0.15) is 0 Å². The van der Waals surface area contributed by atoms with Gasteiger partial charge < -0.3 is 20.9 Å². The summed E-state index contributed by atoms with van der Waals surface area (Å²) in [4.78, 5) is 28.9. The number of hydrogen-bond donors (Lipinski definition) is 2. The number of rotatable bonds is 7. The molecule has 1 saturated heterocycles. The van der Waals surface area contributed by atoms with Gasteiger partial charge in [0, 0.05) is 38.4 Å². The van der Waals surface area contributed by atoms with E-state index in [0.717, 1.165) is 13.1 Å². The van der Waals surface area contributed by atoms with Crippen molar-refractivity contribution in [1.82, 2.24) is 10.2 Å². The Kier molecular flexibility index (Phi) is 6.82. The van der Waals surface area contributed by atoms with Gasteiger partial charge in [-0.15, -0.1) is 0 Å². The van der Waals surface area contributed by atoms with E-state index in [1.165, 1.54) is 5.69 Å². The Morgan fingerprint density at radius 2 is 1.68 bits per heavy atom. The molecule has 0 atom stereocenters. The van der Waals surface area contributed by atoms with Crippen LogP contribution < -0.4 is 16.0 Å². The van der Waals surface area contributed by atoms with E-state index in [4.69, 9.17) is 5.73 Å². The lowest BCUT2D eigenvalue weighted by Gasteiger charge is -2.36. The first-order valence-electron chi connectivity index (χ1n) is 9.12. The molecule has 0 unspecified atom stereocenters. The van der Waals surface area contributed by atoms with Crippen LogP contribution >= 0.6 is 0 Å². The first-order valence-corrected chi connectivity index (χ1v) is 9.12. The summed E-state index contributed by atoms with van der Waals surface area (Å²) in [7, 11) is 0. The summed E-state index contributed by atoms with van der Waals surface area (Å²) in [5, 5.41) is 2.79. The van der Waals surface area contributed by atoms with E-state index in [1.54, 1.807) is 0 Å². The lowest BCUT2D eigenvalue weighted by molar-refractivity contribution is -0.136. The predicted molar refractivity (Wildman–Crippen MR) is 100 cm³/mol. The standard InChI is InChI=1S/C19H30N4O2/c1-3-19(4-2,15-20)18(25)21-14-17(24)23-12-10-22(11-13-23)16-8-6-5-7-9-16/h5-9H,3-4,10-15,20H2,1-2H3,(H,21,25). The zero-order chi connectivity index (χ0) is 18.3. The van der Waals surface area contributed by atoms with Crippen molar-refractivity contribution in [2.24, 2.45) is 11.1 Å². The molecule has 1 aromatic carbocycles. The largest absolute Gasteiger partial charge is 0.368 e. The predicted octanol–water partition coefficient (Wildman–Crippen LogP) is 1.22. The van der Waals surface area contributed by atoms with Gasteiger partial charge in [-0.05, 0) is 25.0 Å². The van der Waals surface area contributed by atoms with Gasteiger partial charge in [-0.2, -0.15) is 0 Å². The summed E-state index contributed by atoms with van der Waals surface area (Å²) in [6.07, 6.45) is 1.35. The quantitative estimate of drug-likeness (QED) is 0.778. The molecule has 2 amide bonds. The van der Waals surface area contributed by atoms with Gasteiger partial charge in [0.25, 0.3) is 0 Å². The number of nitrogens with zero attached hydrogens (tertiary/aromatic N) is 2. The number of piperazine rings is 1. The van der Waals surface area contributed by atoms with Crippen molar-refractivity contribution >= 4 is 17.5 Å². The number of amides is 2. The minimum Gasteiger partial charge on any atom is -0.368 e. The van der Waals surface area contributed by atoms with Crippen molar-refractivity contribution in [3.8, 4) is 0 Å². The summed E-state index contributed by atoms with van der Waals surface area (Å²) >= 11 is 0. The van der Waals surface area contributed by atoms with E-state index in [-0.39, 0.29) is 18.4 Å². The maximum Gasteiger partial charge on any atom is 0.242 e. The third kappa shape index (κ3) is 4.51. The second-order valence-electron chi connectivity index (χ2n) is 6.58. The fourth-order valence-corrected chi connectivity index (χ4v) is 3.26. The maximum absolute atomic E-state index is 12.4. The number of nitrogens with two attached hydrogens (primary N) is 1. The van der Waals surface area contributed by atoms with Gasteiger partial charge in [-0.3, -0.25) is 9.59 Å². The second-order valence-corrected chi connectivity index (χ2v) is 6.58. The normalized spacial score (nSPS) is 15.2. The minimum absolute atomic E-state index is 0.0285. The van der Waals surface area contributed by atoms with Crippen LogP contribution in [-0.4, -0.2) is 56.0 Å². The van der Waals surface area contributed by atoms with Crippen LogP contribution in [0.25, 0.3) is 0 Å². The highest BCUT2D eigenvalue weighted by Gasteiger charge is 2.33. The van der Waals surface area contributed by atoms with E-state index < -0.39 is 5.41 Å². The molecule has 138 valence electrons. The Bertz CT molecular complexity index is 556. The lowest BCUT2D eigenvalue weighted by Crippen LogP contribution is -2.53. The van der Waals surface area contributed by atoms with Gasteiger partial charge in [0.2, 0.25) is 11.8 Å². The summed E-state index contributed by atoms with van der Waals surface area (Å²) in [6.45, 7) is 7.23. The molecule has 0 aliphatic carbocycles. The summed E-state index contributed by atoms with van der Waals surface area (Å²) in [6, 6.07) is 10.2. The third-order valence-corrected chi connectivity index (χ3v) is 5.38. The van der Waals surface area contributed by atoms with E-state index in [1.807, 2.05) is 36.9 Å². The Balaban J connectivity index is 1.82. The molecule has 1 aromatic rings. The van der Waals surface area contributed by atoms with E-state index in [9.17, 15) is 9.59 Å². The molecule has 3 N–H and O–H groups in total. The average molecular weight is 346 g/mol. The Morgan fingerprint density at radius 1 is 1.08 bits per heavy atom. The monoisotopic (exact) mass is 346 g/mol. The fourth-order valence-electron chi connectivity index (χ4n) is 3.26. The molecule has 1 fully saturated rings. The molecule has 1 aliphatic rings. The van der Waals surface area contributed by atoms with Crippen molar-refractivity contribution in [3.63, 3.8) is 0 Å². The highest BCUT2D eigenvalue weighted by molar-refractivity contribution is 5.88. The molecule has 0 saturated carbocycles. The van der Waals surface area contributed by atoms with Gasteiger partial charge in [0.15, 0.2) is 0 Å². The van der Waals surface area contributed by atoms with Crippen LogP contribution in [0.2, 0.25) is 0 Å². The van der Waals surface area contributed by atoms with Crippen LogP contribution in [-0.2, 0) is 9.59 Å². The molecular formula is C19H30N4O2. The SMILES string of the molecule is CCC(CC)(CN)C(=O)NCC(=O)N1CCN(c2ccccc2)CC1. The highest BCUT2D eigenvalue weighted by atomic mass is 16.2. The molecule has 6 heteroatoms. The number of carbonyl (C=O) groups is 2. The molecule has 1 heterocycles. The average Bonchev–Trinajstić information content (AvgIpc) is 2.68. The molecule has 6 nitrogen and oxygen atoms in total. The van der Waals surface area contributed by atoms with Crippen LogP contribution in [0.5, 0.6) is 0 Å². The first kappa shape index (κ1) is 19.2. The minimum atomic E-state index is -0.563. The molecule has 25 heavy (non-hydrogen) atoms. The van der Waals surface area contributed by atoms with Crippen LogP contribution in [0.1, 0.15) is 26.7 Å². The number of hydrogen-bond acceptors (Lipinski definition) is 4. The van der Waals surface area contributed by atoms with Gasteiger partial charge in [-0.1, -0.05) is 32.0 Å². The lowest BCUT2D eigenvalue weighted by atomic mass is 9.81. The number of nitrogens with one attached hydrogen (secondary N) is 1. The molecule has 0 radical (unpaired) electrons. The topological polar surface area (TPSA) is 78.7 Å². The highest BCUT2D eigenvalue weighted by Crippen LogP contribution is 2.24. The Hall–Kier alpha value is -2.08. The molecule has 2 rings (SSSR count). The summed E-state index contributed by atoms with van der Waals surface area (Å²) < 4.78 is 0. The van der Waals surface area contributed by atoms with E-state index >= 15 is 0 Å². The number of para-hydroxylation sites is 1. The first-order chi connectivity index (χ1) is 12.1. The van der Waals surface area contributed by atoms with Crippen molar-refractivity contribution in [2.75, 3.05) is 44.2 Å². The smallest absolute Gasteiger partial charge is 0.242 e. The zero-order valence-corrected chi connectivity index (χ0v) is 15.3. The van der Waals surface area contributed by atoms with Crippen molar-refractivity contribution < 1.29 is 9.59 Å². The Morgan fingerprint density at radius 3 is 2.20 bits per heavy atom. The fraction of sp³-hybridized carbons (Fsp3) is 0.579. The summed E-state index contributed by atoms with van der Waals surface area (Å²) in [5.74, 6) is -0.143. The molecule has 0 aromatic heterocycles. The van der Waals surface area contributed by atoms with Gasteiger partial charge in [0.05, 0.1) is 12.0 Å². The zero-order valence-electron chi connectivity index (χ0n) is 15.3. The van der Waals surface area contributed by atoms with E-state index in [0.29, 0.717) is 32.5 Å². The molecular weight excluding hydrogens is 316 g/mol. The number of anilines is 1. The third-order valence-electron chi connectivity index (χ3n) is 5.38. The van der Waals surface area contributed by atoms with Crippen LogP contribution in [0.4, 0.5) is 5.69 Å². The number of benzene rings is 1. The van der Waals surface area contributed by atoms with Gasteiger partial charge >= 0.3 is 0 Å². The summed E-state index contributed by atoms with van der Waals surface area (Å²) in [5.41, 5.74) is 6.41. The van der Waals surface area contributed by atoms with Crippen LogP contribution in [0.3, 0.4) is 0 Å². The van der Waals surface area contributed by atoms with Crippen molar-refractivity contribution in [2.45, 2.75) is 26.7 Å². The van der Waals surface area contributed by atoms with E-state index in [2.05, 4.69) is 22.3 Å².